The van der Waals surface area contributed by atoms with Gasteiger partial charge in [0, 0.05) is 0 Å². The molecule has 0 aliphatic carbocycles. The normalized spacial score (nSPS) is 11.9. The second-order valence-corrected chi connectivity index (χ2v) is 4.48. The van der Waals surface area contributed by atoms with Crippen LogP contribution in [0.3, 0.4) is 0 Å². The van der Waals surface area contributed by atoms with Crippen LogP contribution < -0.4 is 5.73 Å². The fourth-order valence-electron chi connectivity index (χ4n) is 0.512. The molecule has 0 saturated carbocycles. The first-order valence-electron chi connectivity index (χ1n) is 4.33. The van der Waals surface area contributed by atoms with E-state index >= 15 is 0 Å². The van der Waals surface area contributed by atoms with Gasteiger partial charge in [-0.2, -0.15) is 8.42 Å². The molecule has 0 heterocycles. The second-order valence-electron chi connectivity index (χ2n) is 2.98. The Hall–Kier alpha value is -1.72. The van der Waals surface area contributed by atoms with Crippen molar-refractivity contribution in [3.8, 4) is 0 Å². The third-order valence-corrected chi connectivity index (χ3v) is 2.04. The van der Waals surface area contributed by atoms with Gasteiger partial charge in [-0.25, -0.2) is 0 Å². The van der Waals surface area contributed by atoms with E-state index in [-0.39, 0.29) is 12.8 Å². The summed E-state index contributed by atoms with van der Waals surface area (Å²) in [4.78, 5) is 29.2. The lowest BCUT2D eigenvalue weighted by Crippen LogP contribution is -2.36. The first-order valence-corrected chi connectivity index (χ1v) is 5.93. The van der Waals surface area contributed by atoms with Crippen LogP contribution in [0.4, 0.5) is 0 Å². The maximum atomic E-state index is 9.96. The highest BCUT2D eigenvalue weighted by Crippen LogP contribution is 1.87. The lowest BCUT2D eigenvalue weighted by Gasteiger charge is -2.01. The molecule has 6 N–H and O–H groups in total. The Morgan fingerprint density at radius 3 is 1.44 bits per heavy atom. The summed E-state index contributed by atoms with van der Waals surface area (Å²) in [7, 11) is -4.27. The molecule has 0 saturated heterocycles. The number of hydrogen-bond acceptors (Lipinski definition) is 6. The van der Waals surface area contributed by atoms with Crippen LogP contribution in [0, 0.1) is 0 Å². The maximum Gasteiger partial charge on any atom is 0.321 e. The summed E-state index contributed by atoms with van der Waals surface area (Å²) in [6, 6.07) is -1.56. The molecule has 0 rings (SSSR count). The summed E-state index contributed by atoms with van der Waals surface area (Å²) < 4.78 is 28.0. The van der Waals surface area contributed by atoms with E-state index in [2.05, 4.69) is 0 Å². The number of rotatable bonds is 6. The molecule has 0 aliphatic rings. The van der Waals surface area contributed by atoms with E-state index in [1.54, 1.807) is 0 Å². The van der Waals surface area contributed by atoms with E-state index in [0.29, 0.717) is 0 Å². The summed E-state index contributed by atoms with van der Waals surface area (Å²) in [5.41, 5.74) is 4.76. The van der Waals surface area contributed by atoms with E-state index in [0.717, 1.165) is 0 Å². The first kappa shape index (κ1) is 18.6. The molecule has 11 heteroatoms. The van der Waals surface area contributed by atoms with Crippen LogP contribution in [0.15, 0.2) is 0 Å². The number of aliphatic carboxylic acids is 3. The number of hydrogen-bond donors (Lipinski definition) is 5. The monoisotopic (exact) mass is 287 g/mol. The van der Waals surface area contributed by atoms with Crippen LogP contribution >= 0.6 is 0 Å². The third-order valence-electron chi connectivity index (χ3n) is 1.26. The van der Waals surface area contributed by atoms with Crippen molar-refractivity contribution < 1.29 is 42.7 Å². The van der Waals surface area contributed by atoms with Crippen LogP contribution in [0.5, 0.6) is 0 Å². The van der Waals surface area contributed by atoms with Crippen molar-refractivity contribution in [1.82, 2.24) is 0 Å². The Bertz CT molecular complexity index is 387. The van der Waals surface area contributed by atoms with Crippen molar-refractivity contribution in [2.75, 3.05) is 5.75 Å². The fourth-order valence-corrected chi connectivity index (χ4v) is 1.11. The van der Waals surface area contributed by atoms with Gasteiger partial charge in [0.05, 0.1) is 12.8 Å². The molecule has 0 aromatic carbocycles. The summed E-state index contributed by atoms with van der Waals surface area (Å²) in [6.45, 7) is 0. The Morgan fingerprint density at radius 2 is 1.33 bits per heavy atom. The SMILES string of the molecule is NC(CS(=O)(=O)O)C(=O)O.O=C(O)CCC(=O)O. The molecule has 1 unspecified atom stereocenters. The van der Waals surface area contributed by atoms with Gasteiger partial charge in [-0.05, 0) is 0 Å². The quantitative estimate of drug-likeness (QED) is 0.349. The van der Waals surface area contributed by atoms with Crippen LogP contribution in [-0.2, 0) is 24.5 Å². The van der Waals surface area contributed by atoms with E-state index < -0.39 is 39.8 Å². The van der Waals surface area contributed by atoms with Crippen LogP contribution in [0.25, 0.3) is 0 Å². The molecule has 10 nitrogen and oxygen atoms in total. The molecule has 0 radical (unpaired) electrons. The Labute approximate surface area is 102 Å². The molecule has 18 heavy (non-hydrogen) atoms. The molecular formula is C7H13NO9S. The first-order chi connectivity index (χ1) is 7.95. The highest BCUT2D eigenvalue weighted by molar-refractivity contribution is 7.85. The smallest absolute Gasteiger partial charge is 0.321 e. The van der Waals surface area contributed by atoms with Crippen molar-refractivity contribution in [3.05, 3.63) is 0 Å². The molecule has 1 atom stereocenters. The third kappa shape index (κ3) is 16.7. The van der Waals surface area contributed by atoms with E-state index in [4.69, 9.17) is 25.6 Å². The molecule has 0 aromatic heterocycles. The Balaban J connectivity index is 0. The maximum absolute atomic E-state index is 9.96. The van der Waals surface area contributed by atoms with Gasteiger partial charge in [0.25, 0.3) is 10.1 Å². The second kappa shape index (κ2) is 8.38. The lowest BCUT2D eigenvalue weighted by atomic mass is 10.3. The Kier molecular flexibility index (Phi) is 8.68. The van der Waals surface area contributed by atoms with Gasteiger partial charge < -0.3 is 21.1 Å². The minimum atomic E-state index is -4.27. The standard InChI is InChI=1S/C4H6O4.C3H7NO5S/c5-3(6)1-2-4(7)8;4-2(3(5)6)1-10(7,8)9/h1-2H2,(H,5,6)(H,7,8);2H,1,4H2,(H,5,6)(H,7,8,9). The molecule has 0 fully saturated rings. The van der Waals surface area contributed by atoms with Gasteiger partial charge in [0.15, 0.2) is 0 Å². The predicted molar refractivity (Wildman–Crippen MR) is 56.5 cm³/mol. The fraction of sp³-hybridized carbons (Fsp3) is 0.571. The largest absolute Gasteiger partial charge is 0.481 e. The van der Waals surface area contributed by atoms with Crippen molar-refractivity contribution in [2.24, 2.45) is 5.73 Å². The van der Waals surface area contributed by atoms with E-state index in [1.165, 1.54) is 0 Å². The average molecular weight is 287 g/mol. The molecule has 106 valence electrons. The highest BCUT2D eigenvalue weighted by Gasteiger charge is 2.18. The van der Waals surface area contributed by atoms with Crippen LogP contribution in [-0.4, -0.2) is 58.0 Å². The predicted octanol–water partition coefficient (Wildman–Crippen LogP) is -1.78. The molecular weight excluding hydrogens is 274 g/mol. The zero-order valence-electron chi connectivity index (χ0n) is 9.01. The number of nitrogens with two attached hydrogens (primary N) is 1. The molecule has 0 spiro atoms. The van der Waals surface area contributed by atoms with E-state index in [1.807, 2.05) is 0 Å². The van der Waals surface area contributed by atoms with Gasteiger partial charge >= 0.3 is 17.9 Å². The minimum Gasteiger partial charge on any atom is -0.481 e. The highest BCUT2D eigenvalue weighted by atomic mass is 32.2. The zero-order chi connectivity index (χ0) is 14.9. The van der Waals surface area contributed by atoms with Gasteiger partial charge in [0.1, 0.15) is 11.8 Å². The number of carboxylic acids is 3. The Morgan fingerprint density at radius 1 is 1.00 bits per heavy atom. The summed E-state index contributed by atoms with van der Waals surface area (Å²) in [5, 5.41) is 23.8. The van der Waals surface area contributed by atoms with Crippen molar-refractivity contribution >= 4 is 28.0 Å². The van der Waals surface area contributed by atoms with Crippen molar-refractivity contribution in [3.63, 3.8) is 0 Å². The van der Waals surface area contributed by atoms with Crippen LogP contribution in [0.1, 0.15) is 12.8 Å². The molecule has 0 amide bonds. The molecule has 0 aromatic rings. The van der Waals surface area contributed by atoms with Crippen molar-refractivity contribution in [2.45, 2.75) is 18.9 Å². The van der Waals surface area contributed by atoms with Gasteiger partial charge in [-0.1, -0.05) is 0 Å². The zero-order valence-corrected chi connectivity index (χ0v) is 9.83. The van der Waals surface area contributed by atoms with Gasteiger partial charge in [-0.15, -0.1) is 0 Å². The average Bonchev–Trinajstić information content (AvgIpc) is 2.12. The van der Waals surface area contributed by atoms with E-state index in [9.17, 15) is 22.8 Å². The van der Waals surface area contributed by atoms with Crippen molar-refractivity contribution in [1.29, 1.82) is 0 Å². The minimum absolute atomic E-state index is 0.296. The summed E-state index contributed by atoms with van der Waals surface area (Å²) >= 11 is 0. The van der Waals surface area contributed by atoms with Crippen LogP contribution in [0.2, 0.25) is 0 Å². The molecule has 0 bridgehead atoms. The lowest BCUT2D eigenvalue weighted by molar-refractivity contribution is -0.143. The molecule has 0 aliphatic heterocycles. The number of carbonyl (C=O) groups is 3. The summed E-state index contributed by atoms with van der Waals surface area (Å²) in [6.07, 6.45) is -0.593. The number of carboxylic acid groups (broad SMARTS) is 3. The topological polar surface area (TPSA) is 192 Å². The van der Waals surface area contributed by atoms with Gasteiger partial charge in [0.2, 0.25) is 0 Å². The summed E-state index contributed by atoms with van der Waals surface area (Å²) in [5.74, 6) is -4.57. The van der Waals surface area contributed by atoms with Gasteiger partial charge in [-0.3, -0.25) is 18.9 Å².